The van der Waals surface area contributed by atoms with E-state index in [1.54, 1.807) is 4.90 Å². The summed E-state index contributed by atoms with van der Waals surface area (Å²) in [6, 6.07) is 7.70. The number of carbonyl (C=O) groups is 3. The van der Waals surface area contributed by atoms with Gasteiger partial charge in [0.25, 0.3) is 0 Å². The molecule has 2 aromatic rings. The van der Waals surface area contributed by atoms with Crippen molar-refractivity contribution in [2.75, 3.05) is 11.4 Å². The van der Waals surface area contributed by atoms with Gasteiger partial charge in [0, 0.05) is 35.8 Å². The van der Waals surface area contributed by atoms with E-state index in [1.165, 1.54) is 18.5 Å². The van der Waals surface area contributed by atoms with Gasteiger partial charge in [0.1, 0.15) is 0 Å². The number of carboxylic acids is 1. The lowest BCUT2D eigenvalue weighted by atomic mass is 10.1. The van der Waals surface area contributed by atoms with Crippen LogP contribution in [-0.4, -0.2) is 45.9 Å². The number of carboxylic acid groups (broad SMARTS) is 1. The Morgan fingerprint density at radius 3 is 2.47 bits per heavy atom. The molecule has 2 aliphatic rings. The second-order valence-corrected chi connectivity index (χ2v) is 7.04. The highest BCUT2D eigenvalue weighted by molar-refractivity contribution is 6.06. The fourth-order valence-electron chi connectivity index (χ4n) is 2.94. The summed E-state index contributed by atoms with van der Waals surface area (Å²) >= 11 is 0. The molecule has 1 aliphatic carbocycles. The molecule has 3 amide bonds. The average molecular weight is 424 g/mol. The zero-order valence-corrected chi connectivity index (χ0v) is 15.9. The Labute approximate surface area is 169 Å². The number of carbonyl (C=O) groups excluding carboxylic acids is 2. The number of amides is 3. The van der Waals surface area contributed by atoms with Crippen molar-refractivity contribution in [1.82, 2.24) is 15.5 Å². The van der Waals surface area contributed by atoms with Gasteiger partial charge in [-0.15, -0.1) is 0 Å². The molecule has 0 unspecified atom stereocenters. The van der Waals surface area contributed by atoms with Gasteiger partial charge in [-0.05, 0) is 37.5 Å². The number of alkyl halides is 3. The molecule has 160 valence electrons. The normalized spacial score (nSPS) is 16.6. The van der Waals surface area contributed by atoms with Crippen LogP contribution >= 0.6 is 0 Å². The molecule has 1 saturated carbocycles. The lowest BCUT2D eigenvalue weighted by Crippen LogP contribution is -2.49. The summed E-state index contributed by atoms with van der Waals surface area (Å²) in [5.74, 6) is -2.35. The van der Waals surface area contributed by atoms with Gasteiger partial charge in [-0.25, -0.2) is 9.59 Å². The number of urea groups is 1. The second-order valence-electron chi connectivity index (χ2n) is 7.04. The first-order chi connectivity index (χ1) is 14.1. The van der Waals surface area contributed by atoms with Crippen LogP contribution in [0.5, 0.6) is 0 Å². The molecule has 2 heterocycles. The molecule has 0 radical (unpaired) electrons. The van der Waals surface area contributed by atoms with E-state index in [-0.39, 0.29) is 11.9 Å². The number of anilines is 1. The maximum absolute atomic E-state index is 12.1. The fourth-order valence-corrected chi connectivity index (χ4v) is 2.94. The smallest absolute Gasteiger partial charge is 0.475 e. The van der Waals surface area contributed by atoms with E-state index in [4.69, 9.17) is 9.90 Å². The number of nitrogens with zero attached hydrogens (tertiary/aromatic N) is 2. The van der Waals surface area contributed by atoms with Crippen LogP contribution in [-0.2, 0) is 9.59 Å². The number of aromatic amines is 1. The highest BCUT2D eigenvalue weighted by atomic mass is 19.4. The molecule has 2 fully saturated rings. The highest BCUT2D eigenvalue weighted by Gasteiger charge is 2.38. The quantitative estimate of drug-likeness (QED) is 0.699. The van der Waals surface area contributed by atoms with Crippen LogP contribution < -0.4 is 10.2 Å². The Kier molecular flexibility index (Phi) is 5.81. The molecule has 30 heavy (non-hydrogen) atoms. The van der Waals surface area contributed by atoms with Crippen molar-refractivity contribution in [3.8, 4) is 11.3 Å². The topological polar surface area (TPSA) is 115 Å². The van der Waals surface area contributed by atoms with Crippen molar-refractivity contribution in [2.24, 2.45) is 0 Å². The average Bonchev–Trinajstić information content (AvgIpc) is 3.39. The zero-order chi connectivity index (χ0) is 22.1. The lowest BCUT2D eigenvalue weighted by molar-refractivity contribution is -0.192. The Morgan fingerprint density at radius 1 is 1.23 bits per heavy atom. The van der Waals surface area contributed by atoms with Crippen molar-refractivity contribution in [3.05, 3.63) is 35.5 Å². The number of rotatable bonds is 3. The van der Waals surface area contributed by atoms with Gasteiger partial charge >= 0.3 is 18.2 Å². The van der Waals surface area contributed by atoms with Crippen LogP contribution in [0.2, 0.25) is 0 Å². The molecule has 0 spiro atoms. The van der Waals surface area contributed by atoms with Gasteiger partial charge in [0.15, 0.2) is 0 Å². The first kappa shape index (κ1) is 21.3. The van der Waals surface area contributed by atoms with Crippen LogP contribution in [0.1, 0.15) is 36.4 Å². The number of hydrogen-bond donors (Lipinski definition) is 3. The zero-order valence-electron chi connectivity index (χ0n) is 15.9. The number of hydrogen-bond acceptors (Lipinski definition) is 4. The van der Waals surface area contributed by atoms with Crippen LogP contribution in [0.25, 0.3) is 11.3 Å². The first-order valence-corrected chi connectivity index (χ1v) is 9.14. The molecule has 0 bridgehead atoms. The number of aromatic nitrogens is 2. The molecule has 8 nitrogen and oxygen atoms in total. The predicted molar refractivity (Wildman–Crippen MR) is 99.9 cm³/mol. The van der Waals surface area contributed by atoms with Crippen LogP contribution in [0.4, 0.5) is 23.7 Å². The monoisotopic (exact) mass is 424 g/mol. The Hall–Kier alpha value is -3.37. The highest BCUT2D eigenvalue weighted by Crippen LogP contribution is 2.40. The molecule has 1 aromatic carbocycles. The minimum Gasteiger partial charge on any atom is -0.475 e. The standard InChI is InChI=1S/C17H18N4O2.C2HF3O2/c1-10-2-3-12(14-9-13(19-20-14)11-4-5-11)8-15(10)21-7-6-16(22)18-17(21)23;3-2(4,5)1(6)7/h2-3,8-9,11H,4-7H2,1H3,(H,19,20)(H,18,22,23);(H,6,7). The Balaban J connectivity index is 0.000000318. The third-order valence-corrected chi connectivity index (χ3v) is 4.71. The third-order valence-electron chi connectivity index (χ3n) is 4.71. The van der Waals surface area contributed by atoms with Crippen molar-refractivity contribution < 1.29 is 32.7 Å². The Morgan fingerprint density at radius 2 is 1.90 bits per heavy atom. The molecule has 1 aliphatic heterocycles. The van der Waals surface area contributed by atoms with Crippen LogP contribution in [0.15, 0.2) is 24.3 Å². The van der Waals surface area contributed by atoms with Crippen molar-refractivity contribution >= 4 is 23.6 Å². The van der Waals surface area contributed by atoms with E-state index in [0.717, 1.165) is 22.5 Å². The maximum Gasteiger partial charge on any atom is 0.490 e. The number of imide groups is 1. The molecule has 1 saturated heterocycles. The summed E-state index contributed by atoms with van der Waals surface area (Å²) in [6.07, 6.45) is -2.31. The fraction of sp³-hybridized carbons (Fsp3) is 0.368. The van der Waals surface area contributed by atoms with Crippen LogP contribution in [0, 0.1) is 6.92 Å². The summed E-state index contributed by atoms with van der Waals surface area (Å²) < 4.78 is 31.7. The summed E-state index contributed by atoms with van der Waals surface area (Å²) in [5, 5.41) is 17.0. The summed E-state index contributed by atoms with van der Waals surface area (Å²) in [5.41, 5.74) is 4.86. The van der Waals surface area contributed by atoms with E-state index < -0.39 is 12.1 Å². The first-order valence-electron chi connectivity index (χ1n) is 9.14. The second kappa shape index (κ2) is 8.17. The van der Waals surface area contributed by atoms with Gasteiger partial charge in [-0.3, -0.25) is 20.1 Å². The lowest BCUT2D eigenvalue weighted by Gasteiger charge is -2.28. The molecular formula is C19H19F3N4O4. The molecule has 1 aromatic heterocycles. The van der Waals surface area contributed by atoms with Crippen molar-refractivity contribution in [3.63, 3.8) is 0 Å². The van der Waals surface area contributed by atoms with Gasteiger partial charge in [-0.2, -0.15) is 18.3 Å². The molecule has 3 N–H and O–H groups in total. The number of nitrogens with one attached hydrogen (secondary N) is 2. The predicted octanol–water partition coefficient (Wildman–Crippen LogP) is 3.34. The van der Waals surface area contributed by atoms with E-state index in [9.17, 15) is 22.8 Å². The maximum atomic E-state index is 12.1. The SMILES string of the molecule is Cc1ccc(-c2cc(C3CC3)[nH]n2)cc1N1CCC(=O)NC1=O.O=C(O)C(F)(F)F. The summed E-state index contributed by atoms with van der Waals surface area (Å²) in [7, 11) is 0. The molecule has 4 rings (SSSR count). The number of H-pyrrole nitrogens is 1. The number of benzene rings is 1. The Bertz CT molecular complexity index is 982. The van der Waals surface area contributed by atoms with E-state index in [1.807, 2.05) is 25.1 Å². The number of halogens is 3. The van der Waals surface area contributed by atoms with Gasteiger partial charge in [0.2, 0.25) is 5.91 Å². The van der Waals surface area contributed by atoms with Crippen molar-refractivity contribution in [1.29, 1.82) is 0 Å². The minimum atomic E-state index is -5.08. The van der Waals surface area contributed by atoms with E-state index in [0.29, 0.717) is 18.9 Å². The number of aliphatic carboxylic acids is 1. The summed E-state index contributed by atoms with van der Waals surface area (Å²) in [4.78, 5) is 33.9. The van der Waals surface area contributed by atoms with Gasteiger partial charge in [0.05, 0.1) is 5.69 Å². The molecule has 11 heteroatoms. The van der Waals surface area contributed by atoms with Gasteiger partial charge < -0.3 is 5.11 Å². The van der Waals surface area contributed by atoms with Gasteiger partial charge in [-0.1, -0.05) is 12.1 Å². The van der Waals surface area contributed by atoms with Crippen LogP contribution in [0.3, 0.4) is 0 Å². The largest absolute Gasteiger partial charge is 0.490 e. The molecular weight excluding hydrogens is 405 g/mol. The van der Waals surface area contributed by atoms with E-state index >= 15 is 0 Å². The van der Waals surface area contributed by atoms with Crippen molar-refractivity contribution in [2.45, 2.75) is 38.3 Å². The summed E-state index contributed by atoms with van der Waals surface area (Å²) in [6.45, 7) is 2.37. The minimum absolute atomic E-state index is 0.221. The third kappa shape index (κ3) is 4.97. The molecule has 0 atom stereocenters. The van der Waals surface area contributed by atoms with E-state index in [2.05, 4.69) is 21.6 Å². The number of aryl methyl sites for hydroxylation is 1.